The first-order valence-corrected chi connectivity index (χ1v) is 8.12. The monoisotopic (exact) mass is 307 g/mol. The maximum atomic E-state index is 12.0. The first-order valence-electron chi connectivity index (χ1n) is 8.12. The molecule has 0 fully saturated rings. The van der Waals surface area contributed by atoms with Gasteiger partial charge in [-0.05, 0) is 36.5 Å². The van der Waals surface area contributed by atoms with Crippen LogP contribution in [0, 0.1) is 10.8 Å². The van der Waals surface area contributed by atoms with Crippen LogP contribution < -0.4 is 16.2 Å². The van der Waals surface area contributed by atoms with E-state index in [4.69, 9.17) is 0 Å². The average Bonchev–Trinajstić information content (AvgIpc) is 2.22. The van der Waals surface area contributed by atoms with Gasteiger partial charge in [0, 0.05) is 11.1 Å². The predicted molar refractivity (Wildman–Crippen MR) is 95.6 cm³/mol. The summed E-state index contributed by atoms with van der Waals surface area (Å²) in [4.78, 5) is 23.9. The minimum absolute atomic E-state index is 0.1000. The number of anilines is 1. The minimum Gasteiger partial charge on any atom is -0.377 e. The van der Waals surface area contributed by atoms with Crippen LogP contribution >= 0.6 is 0 Å². The molecule has 1 N–H and O–H groups in total. The summed E-state index contributed by atoms with van der Waals surface area (Å²) in [6.45, 7) is 21.3. The molecule has 0 amide bonds. The molecule has 1 aromatic rings. The second-order valence-corrected chi connectivity index (χ2v) is 9.98. The molecule has 3 nitrogen and oxygen atoms in total. The molecular weight excluding hydrogens is 274 g/mol. The first kappa shape index (κ1) is 18.9. The molecule has 0 aliphatic rings. The van der Waals surface area contributed by atoms with Crippen molar-refractivity contribution in [2.45, 2.75) is 86.6 Å². The van der Waals surface area contributed by atoms with Crippen molar-refractivity contribution in [3.8, 4) is 0 Å². The summed E-state index contributed by atoms with van der Waals surface area (Å²) in [5.74, 6) is 0. The predicted octanol–water partition coefficient (Wildman–Crippen LogP) is 4.23. The maximum Gasteiger partial charge on any atom is 0.249 e. The molecule has 0 radical (unpaired) electrons. The highest BCUT2D eigenvalue weighted by Gasteiger charge is 2.39. The van der Waals surface area contributed by atoms with Crippen molar-refractivity contribution in [1.82, 2.24) is 0 Å². The average molecular weight is 307 g/mol. The van der Waals surface area contributed by atoms with E-state index in [9.17, 15) is 9.59 Å². The topological polar surface area (TPSA) is 46.2 Å². The minimum atomic E-state index is -0.369. The quantitative estimate of drug-likeness (QED) is 0.847. The molecule has 0 aromatic heterocycles. The van der Waals surface area contributed by atoms with E-state index in [1.165, 1.54) is 0 Å². The van der Waals surface area contributed by atoms with E-state index >= 15 is 0 Å². The fourth-order valence-corrected chi connectivity index (χ4v) is 2.98. The van der Waals surface area contributed by atoms with E-state index in [0.29, 0.717) is 11.3 Å². The molecule has 1 aromatic carbocycles. The third-order valence-corrected chi connectivity index (χ3v) is 5.04. The van der Waals surface area contributed by atoms with Crippen molar-refractivity contribution >= 4 is 5.69 Å². The smallest absolute Gasteiger partial charge is 0.249 e. The Morgan fingerprint density at radius 3 is 1.59 bits per heavy atom. The van der Waals surface area contributed by atoms with Crippen LogP contribution in [0.5, 0.6) is 0 Å². The molecule has 0 saturated carbocycles. The van der Waals surface area contributed by atoms with Crippen molar-refractivity contribution in [1.29, 1.82) is 0 Å². The molecule has 1 rings (SSSR count). The Labute approximate surface area is 135 Å². The molecule has 0 heterocycles. The first-order chi connectivity index (χ1) is 9.50. The number of hydrogen-bond donors (Lipinski definition) is 1. The van der Waals surface area contributed by atoms with Gasteiger partial charge in [0.05, 0.1) is 5.69 Å². The van der Waals surface area contributed by atoms with E-state index in [2.05, 4.69) is 53.8 Å². The zero-order chi connectivity index (χ0) is 17.7. The van der Waals surface area contributed by atoms with Gasteiger partial charge in [-0.15, -0.1) is 0 Å². The lowest BCUT2D eigenvalue weighted by atomic mass is 9.64. The van der Waals surface area contributed by atoms with Crippen LogP contribution in [0.25, 0.3) is 0 Å². The third kappa shape index (κ3) is 3.61. The molecule has 0 aliphatic carbocycles. The van der Waals surface area contributed by atoms with Crippen LogP contribution in [-0.4, -0.2) is 5.54 Å². The highest BCUT2D eigenvalue weighted by molar-refractivity contribution is 5.60. The fraction of sp³-hybridized carbons (Fsp3) is 0.789. The number of nitrogens with one attached hydrogen (secondary N) is 1. The lowest BCUT2D eigenvalue weighted by molar-refractivity contribution is 0.0980. The maximum absolute atomic E-state index is 12.0. The molecule has 0 unspecified atom stereocenters. The zero-order valence-electron chi connectivity index (χ0n) is 16.0. The second kappa shape index (κ2) is 5.21. The molecular formula is C19H33NO2. The molecule has 0 aliphatic heterocycles. The summed E-state index contributed by atoms with van der Waals surface area (Å²) in [5.41, 5.74) is 0.163. The number of rotatable bonds is 4. The van der Waals surface area contributed by atoms with Crippen LogP contribution in [0.1, 0.15) is 81.2 Å². The summed E-state index contributed by atoms with van der Waals surface area (Å²) >= 11 is 0. The van der Waals surface area contributed by atoms with Crippen molar-refractivity contribution < 1.29 is 0 Å². The van der Waals surface area contributed by atoms with E-state index in [0.717, 1.165) is 6.42 Å². The SMILES string of the molecule is CC(C)(CC(C)(C)C(C)(C)C)Nc1c(C(C)(C)C)c(=O)c1=O. The van der Waals surface area contributed by atoms with Gasteiger partial charge < -0.3 is 5.32 Å². The van der Waals surface area contributed by atoms with Crippen LogP contribution in [-0.2, 0) is 5.41 Å². The van der Waals surface area contributed by atoms with E-state index in [-0.39, 0.29) is 32.6 Å². The second-order valence-electron chi connectivity index (χ2n) is 9.98. The lowest BCUT2D eigenvalue weighted by Crippen LogP contribution is -2.49. The van der Waals surface area contributed by atoms with E-state index < -0.39 is 0 Å². The highest BCUT2D eigenvalue weighted by Crippen LogP contribution is 2.44. The largest absolute Gasteiger partial charge is 0.377 e. The van der Waals surface area contributed by atoms with Gasteiger partial charge in [0.2, 0.25) is 10.9 Å². The van der Waals surface area contributed by atoms with E-state index in [1.54, 1.807) is 0 Å². The van der Waals surface area contributed by atoms with Gasteiger partial charge in [-0.1, -0.05) is 55.4 Å². The molecule has 126 valence electrons. The van der Waals surface area contributed by atoms with Crippen molar-refractivity contribution in [2.24, 2.45) is 10.8 Å². The Kier molecular flexibility index (Phi) is 4.48. The summed E-state index contributed by atoms with van der Waals surface area (Å²) in [5, 5.41) is 3.37. The van der Waals surface area contributed by atoms with Crippen LogP contribution in [0.3, 0.4) is 0 Å². The normalized spacial score (nSPS) is 14.5. The van der Waals surface area contributed by atoms with Crippen molar-refractivity contribution in [3.05, 3.63) is 26.0 Å². The number of hydrogen-bond acceptors (Lipinski definition) is 3. The molecule has 0 bridgehead atoms. The Morgan fingerprint density at radius 2 is 1.23 bits per heavy atom. The van der Waals surface area contributed by atoms with E-state index in [1.807, 2.05) is 20.8 Å². The van der Waals surface area contributed by atoms with Gasteiger partial charge in [0.25, 0.3) is 0 Å². The fourth-order valence-electron chi connectivity index (χ4n) is 2.98. The van der Waals surface area contributed by atoms with Gasteiger partial charge in [0.15, 0.2) is 0 Å². The summed E-state index contributed by atoms with van der Waals surface area (Å²) < 4.78 is 0. The summed E-state index contributed by atoms with van der Waals surface area (Å²) in [7, 11) is 0. The van der Waals surface area contributed by atoms with Crippen LogP contribution in [0.4, 0.5) is 5.69 Å². The lowest BCUT2D eigenvalue weighted by Gasteiger charge is -2.45. The van der Waals surface area contributed by atoms with Gasteiger partial charge in [-0.3, -0.25) is 9.59 Å². The third-order valence-electron chi connectivity index (χ3n) is 5.04. The van der Waals surface area contributed by atoms with Gasteiger partial charge >= 0.3 is 0 Å². The zero-order valence-corrected chi connectivity index (χ0v) is 16.0. The molecule has 22 heavy (non-hydrogen) atoms. The highest BCUT2D eigenvalue weighted by atomic mass is 16.2. The Bertz CT molecular complexity index is 615. The standard InChI is InChI=1S/C19H33NO2/c1-16(2,3)12-13(15(22)14(12)21)20-19(9,10)11-18(7,8)17(4,5)6/h20H,11H2,1-10H3. The molecule has 0 atom stereocenters. The Balaban J connectivity index is 3.08. The van der Waals surface area contributed by atoms with Crippen LogP contribution in [0.15, 0.2) is 9.59 Å². The van der Waals surface area contributed by atoms with Gasteiger partial charge in [-0.2, -0.15) is 0 Å². The Morgan fingerprint density at radius 1 is 0.773 bits per heavy atom. The van der Waals surface area contributed by atoms with Crippen molar-refractivity contribution in [3.63, 3.8) is 0 Å². The summed E-state index contributed by atoms with van der Waals surface area (Å²) in [6, 6.07) is 0. The van der Waals surface area contributed by atoms with Gasteiger partial charge in [0.1, 0.15) is 0 Å². The molecule has 0 saturated heterocycles. The molecule has 0 spiro atoms. The van der Waals surface area contributed by atoms with Gasteiger partial charge in [-0.25, -0.2) is 0 Å². The Hall–Kier alpha value is -1.12. The van der Waals surface area contributed by atoms with Crippen LogP contribution in [0.2, 0.25) is 0 Å². The molecule has 3 heteroatoms. The van der Waals surface area contributed by atoms with Crippen molar-refractivity contribution in [2.75, 3.05) is 5.32 Å². The summed E-state index contributed by atoms with van der Waals surface area (Å²) in [6.07, 6.45) is 0.909.